The standard InChI is InChI=1S/C24H16F3NO5S3/c1-32-20-12-15(10-11-19(20)33-36(30,31)18-8-3-2-4-9-18)13-21-22(29)28(23(34)35-21)17-7-5-6-16(14-17)24(25,26)27/h2-14H,1H3/b21-13-. The molecule has 6 nitrogen and oxygen atoms in total. The predicted octanol–water partition coefficient (Wildman–Crippen LogP) is 5.89. The van der Waals surface area contributed by atoms with Crippen molar-refractivity contribution < 1.29 is 35.3 Å². The fraction of sp³-hybridized carbons (Fsp3) is 0.0833. The number of benzene rings is 3. The first-order valence-electron chi connectivity index (χ1n) is 10.1. The minimum Gasteiger partial charge on any atom is -0.493 e. The van der Waals surface area contributed by atoms with Crippen LogP contribution >= 0.6 is 24.0 Å². The zero-order valence-corrected chi connectivity index (χ0v) is 20.8. The molecule has 3 aromatic rings. The molecule has 0 unspecified atom stereocenters. The third-order valence-electron chi connectivity index (χ3n) is 4.94. The highest BCUT2D eigenvalue weighted by Crippen LogP contribution is 2.39. The summed E-state index contributed by atoms with van der Waals surface area (Å²) in [6.07, 6.45) is -3.09. The number of anilines is 1. The average molecular weight is 552 g/mol. The molecular formula is C24H16F3NO5S3. The molecule has 1 saturated heterocycles. The molecule has 0 atom stereocenters. The average Bonchev–Trinajstić information content (AvgIpc) is 3.12. The Balaban J connectivity index is 1.60. The van der Waals surface area contributed by atoms with Gasteiger partial charge in [-0.05, 0) is 54.1 Å². The van der Waals surface area contributed by atoms with Gasteiger partial charge in [-0.3, -0.25) is 9.69 Å². The van der Waals surface area contributed by atoms with Gasteiger partial charge in [0.2, 0.25) is 0 Å². The molecule has 36 heavy (non-hydrogen) atoms. The SMILES string of the molecule is COc1cc(/C=C2\SC(=S)N(c3cccc(C(F)(F)F)c3)C2=O)ccc1OS(=O)(=O)c1ccccc1. The van der Waals surface area contributed by atoms with Gasteiger partial charge in [0, 0.05) is 0 Å². The number of amides is 1. The number of rotatable bonds is 6. The Labute approximate surface area is 214 Å². The molecule has 1 heterocycles. The Bertz CT molecular complexity index is 1470. The fourth-order valence-electron chi connectivity index (χ4n) is 3.26. The van der Waals surface area contributed by atoms with Gasteiger partial charge in [0.15, 0.2) is 15.8 Å². The number of carbonyl (C=O) groups is 1. The normalized spacial score (nSPS) is 15.4. The van der Waals surface area contributed by atoms with Gasteiger partial charge in [-0.15, -0.1) is 0 Å². The Morgan fingerprint density at radius 1 is 0.972 bits per heavy atom. The van der Waals surface area contributed by atoms with E-state index in [1.165, 1.54) is 55.7 Å². The van der Waals surface area contributed by atoms with Crippen molar-refractivity contribution >= 4 is 56.1 Å². The van der Waals surface area contributed by atoms with E-state index in [1.54, 1.807) is 18.2 Å². The molecule has 0 bridgehead atoms. The minimum atomic E-state index is -4.57. The maximum Gasteiger partial charge on any atom is 0.416 e. The van der Waals surface area contributed by atoms with Crippen LogP contribution in [0, 0.1) is 0 Å². The third kappa shape index (κ3) is 5.40. The lowest BCUT2D eigenvalue weighted by molar-refractivity contribution is -0.137. The van der Waals surface area contributed by atoms with Crippen LogP contribution in [0.1, 0.15) is 11.1 Å². The van der Waals surface area contributed by atoms with E-state index in [1.807, 2.05) is 0 Å². The van der Waals surface area contributed by atoms with Gasteiger partial charge >= 0.3 is 16.3 Å². The first kappa shape index (κ1) is 25.7. The Kier molecular flexibility index (Phi) is 7.12. The van der Waals surface area contributed by atoms with Gasteiger partial charge in [0.05, 0.1) is 23.3 Å². The van der Waals surface area contributed by atoms with Gasteiger partial charge in [-0.25, -0.2) is 0 Å². The van der Waals surface area contributed by atoms with E-state index in [0.717, 1.165) is 28.8 Å². The molecule has 186 valence electrons. The van der Waals surface area contributed by atoms with E-state index in [4.69, 9.17) is 21.1 Å². The van der Waals surface area contributed by atoms with Gasteiger partial charge in [0.1, 0.15) is 4.90 Å². The zero-order chi connectivity index (χ0) is 26.1. The number of methoxy groups -OCH3 is 1. The molecular weight excluding hydrogens is 535 g/mol. The predicted molar refractivity (Wildman–Crippen MR) is 134 cm³/mol. The molecule has 1 amide bonds. The molecule has 1 fully saturated rings. The Hall–Kier alpha value is -3.35. The molecule has 3 aromatic carbocycles. The van der Waals surface area contributed by atoms with Crippen LogP contribution in [-0.2, 0) is 21.1 Å². The number of nitrogens with zero attached hydrogens (tertiary/aromatic N) is 1. The van der Waals surface area contributed by atoms with Gasteiger partial charge in [0.25, 0.3) is 5.91 Å². The summed E-state index contributed by atoms with van der Waals surface area (Å²) in [7, 11) is -2.78. The van der Waals surface area contributed by atoms with Crippen LogP contribution in [0.3, 0.4) is 0 Å². The van der Waals surface area contributed by atoms with Crippen LogP contribution in [0.5, 0.6) is 11.5 Å². The quantitative estimate of drug-likeness (QED) is 0.215. The van der Waals surface area contributed by atoms with Crippen LogP contribution in [0.25, 0.3) is 6.08 Å². The Morgan fingerprint density at radius 2 is 1.69 bits per heavy atom. The molecule has 1 aliphatic rings. The van der Waals surface area contributed by atoms with E-state index in [2.05, 4.69) is 0 Å². The maximum absolute atomic E-state index is 13.1. The minimum absolute atomic E-state index is 0.00294. The highest BCUT2D eigenvalue weighted by Gasteiger charge is 2.36. The van der Waals surface area contributed by atoms with Gasteiger partial charge in [-0.2, -0.15) is 21.6 Å². The van der Waals surface area contributed by atoms with Crippen molar-refractivity contribution in [1.82, 2.24) is 0 Å². The summed E-state index contributed by atoms with van der Waals surface area (Å²) in [5, 5.41) is 0. The highest BCUT2D eigenvalue weighted by atomic mass is 32.2. The van der Waals surface area contributed by atoms with Crippen LogP contribution in [-0.4, -0.2) is 25.8 Å². The molecule has 0 saturated carbocycles. The first-order chi connectivity index (χ1) is 17.0. The summed E-state index contributed by atoms with van der Waals surface area (Å²) in [6, 6.07) is 16.3. The maximum atomic E-state index is 13.1. The molecule has 0 aromatic heterocycles. The fourth-order valence-corrected chi connectivity index (χ4v) is 5.52. The highest BCUT2D eigenvalue weighted by molar-refractivity contribution is 8.27. The lowest BCUT2D eigenvalue weighted by Gasteiger charge is -2.16. The number of thiocarbonyl (C=S) groups is 1. The molecule has 12 heteroatoms. The molecule has 0 aliphatic carbocycles. The van der Waals surface area contributed by atoms with Crippen molar-refractivity contribution in [3.05, 3.63) is 88.8 Å². The summed E-state index contributed by atoms with van der Waals surface area (Å²) < 4.78 is 75.0. The van der Waals surface area contributed by atoms with E-state index in [-0.39, 0.29) is 31.3 Å². The van der Waals surface area contributed by atoms with Crippen molar-refractivity contribution in [2.45, 2.75) is 11.1 Å². The van der Waals surface area contributed by atoms with Crippen molar-refractivity contribution in [3.8, 4) is 11.5 Å². The van der Waals surface area contributed by atoms with Crippen LogP contribution in [0.15, 0.2) is 82.6 Å². The second kappa shape index (κ2) is 9.96. The molecule has 4 rings (SSSR count). The topological polar surface area (TPSA) is 72.9 Å². The van der Waals surface area contributed by atoms with Crippen molar-refractivity contribution in [2.75, 3.05) is 12.0 Å². The number of carbonyl (C=O) groups excluding carboxylic acids is 1. The summed E-state index contributed by atoms with van der Waals surface area (Å²) in [4.78, 5) is 14.1. The summed E-state index contributed by atoms with van der Waals surface area (Å²) >= 11 is 6.17. The number of thioether (sulfide) groups is 1. The molecule has 0 radical (unpaired) electrons. The van der Waals surface area contributed by atoms with E-state index >= 15 is 0 Å². The van der Waals surface area contributed by atoms with E-state index in [0.29, 0.717) is 5.56 Å². The largest absolute Gasteiger partial charge is 0.493 e. The lowest BCUT2D eigenvalue weighted by Crippen LogP contribution is -2.27. The molecule has 0 N–H and O–H groups in total. The second-order valence-electron chi connectivity index (χ2n) is 7.33. The van der Waals surface area contributed by atoms with Gasteiger partial charge < -0.3 is 8.92 Å². The van der Waals surface area contributed by atoms with E-state index < -0.39 is 27.8 Å². The summed E-state index contributed by atoms with van der Waals surface area (Å²) in [5.74, 6) is -0.554. The van der Waals surface area contributed by atoms with Crippen LogP contribution in [0.2, 0.25) is 0 Å². The number of ether oxygens (including phenoxy) is 1. The third-order valence-corrected chi connectivity index (χ3v) is 7.49. The van der Waals surface area contributed by atoms with E-state index in [9.17, 15) is 26.4 Å². The van der Waals surface area contributed by atoms with Crippen LogP contribution in [0.4, 0.5) is 18.9 Å². The van der Waals surface area contributed by atoms with Gasteiger partial charge in [-0.1, -0.05) is 54.3 Å². The van der Waals surface area contributed by atoms with Crippen molar-refractivity contribution in [2.24, 2.45) is 0 Å². The van der Waals surface area contributed by atoms with Crippen molar-refractivity contribution in [1.29, 1.82) is 0 Å². The zero-order valence-electron chi connectivity index (χ0n) is 18.4. The molecule has 1 aliphatic heterocycles. The number of hydrogen-bond donors (Lipinski definition) is 0. The smallest absolute Gasteiger partial charge is 0.416 e. The lowest BCUT2D eigenvalue weighted by atomic mass is 10.1. The molecule has 0 spiro atoms. The van der Waals surface area contributed by atoms with Crippen LogP contribution < -0.4 is 13.8 Å². The second-order valence-corrected chi connectivity index (χ2v) is 10.5. The summed E-state index contributed by atoms with van der Waals surface area (Å²) in [5.41, 5.74) is -0.437. The monoisotopic (exact) mass is 551 g/mol. The number of halogens is 3. The first-order valence-corrected chi connectivity index (χ1v) is 12.8. The number of alkyl halides is 3. The van der Waals surface area contributed by atoms with Crippen molar-refractivity contribution in [3.63, 3.8) is 0 Å². The number of hydrogen-bond acceptors (Lipinski definition) is 7. The summed E-state index contributed by atoms with van der Waals surface area (Å²) in [6.45, 7) is 0. The Morgan fingerprint density at radius 3 is 2.36 bits per heavy atom.